The normalized spacial score (nSPS) is 14.7. The largest absolute Gasteiger partial charge is 0.465 e. The van der Waals surface area contributed by atoms with Crippen LogP contribution in [-0.4, -0.2) is 32.1 Å². The molecule has 0 bridgehead atoms. The minimum Gasteiger partial charge on any atom is -0.465 e. The summed E-state index contributed by atoms with van der Waals surface area (Å²) in [4.78, 5) is 24.5. The number of nitrogens with one attached hydrogen (secondary N) is 2. The molecule has 5 nitrogen and oxygen atoms in total. The topological polar surface area (TPSA) is 67.4 Å². The first-order chi connectivity index (χ1) is 10.2. The van der Waals surface area contributed by atoms with Crippen molar-refractivity contribution in [2.45, 2.75) is 6.42 Å². The number of fused-ring (bicyclic) bond motifs is 1. The van der Waals surface area contributed by atoms with E-state index in [1.54, 1.807) is 0 Å². The Bertz CT molecular complexity index is 691. The molecular weight excluding hydrogens is 288 g/mol. The van der Waals surface area contributed by atoms with Gasteiger partial charge in [-0.1, -0.05) is 18.2 Å². The molecule has 2 heterocycles. The Morgan fingerprint density at radius 2 is 2.14 bits per heavy atom. The average Bonchev–Trinajstić information content (AvgIpc) is 2.81. The first-order valence-corrected chi connectivity index (χ1v) is 7.61. The maximum absolute atomic E-state index is 12.1. The summed E-state index contributed by atoms with van der Waals surface area (Å²) in [5.74, 6) is -0.0940. The lowest BCUT2D eigenvalue weighted by molar-refractivity contribution is -0.117. The molecule has 1 aliphatic heterocycles. The molecule has 0 aliphatic carbocycles. The minimum absolute atomic E-state index is 0.0600. The molecule has 1 fully saturated rings. The fourth-order valence-electron chi connectivity index (χ4n) is 2.35. The Morgan fingerprint density at radius 3 is 2.81 bits per heavy atom. The van der Waals surface area contributed by atoms with Crippen LogP contribution < -0.4 is 10.6 Å². The van der Waals surface area contributed by atoms with Gasteiger partial charge in [0.05, 0.1) is 12.8 Å². The summed E-state index contributed by atoms with van der Waals surface area (Å²) in [6, 6.07) is 7.63. The van der Waals surface area contributed by atoms with Crippen LogP contribution in [0.15, 0.2) is 24.3 Å². The number of hydrogen-bond donors (Lipinski definition) is 2. The van der Waals surface area contributed by atoms with Gasteiger partial charge in [0, 0.05) is 16.5 Å². The highest BCUT2D eigenvalue weighted by molar-refractivity contribution is 7.21. The maximum Gasteiger partial charge on any atom is 0.350 e. The Morgan fingerprint density at radius 1 is 1.38 bits per heavy atom. The number of benzene rings is 1. The number of hydrogen-bond acceptors (Lipinski definition) is 5. The van der Waals surface area contributed by atoms with Crippen LogP contribution in [0.2, 0.25) is 0 Å². The smallest absolute Gasteiger partial charge is 0.350 e. The van der Waals surface area contributed by atoms with Crippen LogP contribution in [0.4, 0.5) is 5.69 Å². The van der Waals surface area contributed by atoms with Crippen molar-refractivity contribution in [1.82, 2.24) is 5.32 Å². The van der Waals surface area contributed by atoms with Gasteiger partial charge in [-0.2, -0.15) is 0 Å². The molecule has 1 saturated heterocycles. The van der Waals surface area contributed by atoms with Crippen molar-refractivity contribution in [3.05, 3.63) is 29.1 Å². The minimum atomic E-state index is -0.420. The first kappa shape index (κ1) is 14.0. The number of ether oxygens (including phenoxy) is 1. The second-order valence-electron chi connectivity index (χ2n) is 5.07. The monoisotopic (exact) mass is 304 g/mol. The molecule has 3 rings (SSSR count). The van der Waals surface area contributed by atoms with Crippen LogP contribution in [0, 0.1) is 5.92 Å². The van der Waals surface area contributed by atoms with Crippen molar-refractivity contribution in [3.63, 3.8) is 0 Å². The van der Waals surface area contributed by atoms with Crippen LogP contribution in [0.3, 0.4) is 0 Å². The predicted molar refractivity (Wildman–Crippen MR) is 82.8 cm³/mol. The Hall–Kier alpha value is -1.92. The third-order valence-corrected chi connectivity index (χ3v) is 4.72. The molecule has 2 N–H and O–H groups in total. The number of carbonyl (C=O) groups is 2. The fraction of sp³-hybridized carbons (Fsp3) is 0.333. The molecule has 0 atom stereocenters. The van der Waals surface area contributed by atoms with Crippen LogP contribution in [0.25, 0.3) is 10.1 Å². The zero-order valence-electron chi connectivity index (χ0n) is 11.6. The van der Waals surface area contributed by atoms with E-state index < -0.39 is 5.97 Å². The third-order valence-electron chi connectivity index (χ3n) is 3.57. The molecule has 6 heteroatoms. The van der Waals surface area contributed by atoms with Crippen molar-refractivity contribution in [2.75, 3.05) is 25.5 Å². The van der Waals surface area contributed by atoms with Crippen molar-refractivity contribution >= 4 is 39.0 Å². The molecule has 1 aromatic heterocycles. The molecular formula is C15H16N2O3S. The van der Waals surface area contributed by atoms with Crippen molar-refractivity contribution in [2.24, 2.45) is 5.92 Å². The zero-order chi connectivity index (χ0) is 14.8. The highest BCUT2D eigenvalue weighted by Gasteiger charge is 2.24. The second kappa shape index (κ2) is 5.83. The Labute approximate surface area is 126 Å². The summed E-state index contributed by atoms with van der Waals surface area (Å²) in [5.41, 5.74) is 0.569. The Balaban J connectivity index is 1.90. The van der Waals surface area contributed by atoms with E-state index in [-0.39, 0.29) is 5.91 Å². The van der Waals surface area contributed by atoms with Crippen LogP contribution in [-0.2, 0) is 9.53 Å². The molecule has 1 aliphatic rings. The lowest BCUT2D eigenvalue weighted by atomic mass is 9.99. The SMILES string of the molecule is COC(=O)c1sc2ccccc2c1NC(=O)CC1CNC1. The number of amides is 1. The van der Waals surface area contributed by atoms with E-state index in [0.29, 0.717) is 22.9 Å². The number of anilines is 1. The van der Waals surface area contributed by atoms with Gasteiger partial charge in [-0.25, -0.2) is 4.79 Å². The van der Waals surface area contributed by atoms with Gasteiger partial charge in [-0.15, -0.1) is 11.3 Å². The number of thiophene rings is 1. The molecule has 0 saturated carbocycles. The number of esters is 1. The molecule has 0 unspecified atom stereocenters. The van der Waals surface area contributed by atoms with E-state index in [4.69, 9.17) is 4.74 Å². The maximum atomic E-state index is 12.1. The summed E-state index contributed by atoms with van der Waals surface area (Å²) in [6.07, 6.45) is 0.470. The molecule has 0 radical (unpaired) electrons. The van der Waals surface area contributed by atoms with Crippen molar-refractivity contribution in [3.8, 4) is 0 Å². The van der Waals surface area contributed by atoms with Gasteiger partial charge in [-0.05, 0) is 25.1 Å². The lowest BCUT2D eigenvalue weighted by Gasteiger charge is -2.26. The molecule has 110 valence electrons. The quantitative estimate of drug-likeness (QED) is 0.850. The number of carbonyl (C=O) groups excluding carboxylic acids is 2. The molecule has 0 spiro atoms. The number of rotatable bonds is 4. The highest BCUT2D eigenvalue weighted by atomic mass is 32.1. The van der Waals surface area contributed by atoms with Gasteiger partial charge >= 0.3 is 5.97 Å². The van der Waals surface area contributed by atoms with Crippen molar-refractivity contribution in [1.29, 1.82) is 0 Å². The van der Waals surface area contributed by atoms with E-state index in [0.717, 1.165) is 23.2 Å². The van der Waals surface area contributed by atoms with Gasteiger partial charge in [0.1, 0.15) is 4.88 Å². The van der Waals surface area contributed by atoms with E-state index in [1.807, 2.05) is 24.3 Å². The zero-order valence-corrected chi connectivity index (χ0v) is 12.5. The third kappa shape index (κ3) is 2.77. The van der Waals surface area contributed by atoms with Crippen molar-refractivity contribution < 1.29 is 14.3 Å². The Kier molecular flexibility index (Phi) is 3.90. The van der Waals surface area contributed by atoms with E-state index >= 15 is 0 Å². The van der Waals surface area contributed by atoms with Gasteiger partial charge < -0.3 is 15.4 Å². The van der Waals surface area contributed by atoms with Gasteiger partial charge in [0.25, 0.3) is 0 Å². The van der Waals surface area contributed by atoms with Crippen LogP contribution in [0.1, 0.15) is 16.1 Å². The first-order valence-electron chi connectivity index (χ1n) is 6.79. The average molecular weight is 304 g/mol. The predicted octanol–water partition coefficient (Wildman–Crippen LogP) is 2.24. The van der Waals surface area contributed by atoms with Crippen LogP contribution >= 0.6 is 11.3 Å². The summed E-state index contributed by atoms with van der Waals surface area (Å²) < 4.78 is 5.77. The highest BCUT2D eigenvalue weighted by Crippen LogP contribution is 2.36. The summed E-state index contributed by atoms with van der Waals surface area (Å²) in [6.45, 7) is 1.75. The lowest BCUT2D eigenvalue weighted by Crippen LogP contribution is -2.43. The summed E-state index contributed by atoms with van der Waals surface area (Å²) in [5, 5.41) is 6.91. The molecule has 1 amide bonds. The van der Waals surface area contributed by atoms with E-state index in [9.17, 15) is 9.59 Å². The van der Waals surface area contributed by atoms with Gasteiger partial charge in [-0.3, -0.25) is 4.79 Å². The summed E-state index contributed by atoms with van der Waals surface area (Å²) in [7, 11) is 1.35. The molecule has 2 aromatic rings. The van der Waals surface area contributed by atoms with Crippen LogP contribution in [0.5, 0.6) is 0 Å². The number of methoxy groups -OCH3 is 1. The van der Waals surface area contributed by atoms with Gasteiger partial charge in [0.2, 0.25) is 5.91 Å². The molecule has 1 aromatic carbocycles. The fourth-order valence-corrected chi connectivity index (χ4v) is 3.43. The summed E-state index contributed by atoms with van der Waals surface area (Å²) >= 11 is 1.34. The molecule has 21 heavy (non-hydrogen) atoms. The van der Waals surface area contributed by atoms with E-state index in [1.165, 1.54) is 18.4 Å². The standard InChI is InChI=1S/C15H16N2O3S/c1-20-15(19)14-13(10-4-2-3-5-11(10)21-14)17-12(18)6-9-7-16-8-9/h2-5,9,16H,6-8H2,1H3,(H,17,18). The van der Waals surface area contributed by atoms with E-state index in [2.05, 4.69) is 10.6 Å². The second-order valence-corrected chi connectivity index (χ2v) is 6.12. The van der Waals surface area contributed by atoms with Gasteiger partial charge in [0.15, 0.2) is 0 Å².